The highest BCUT2D eigenvalue weighted by atomic mass is 16.1. The maximum atomic E-state index is 11.0. The molecule has 1 heterocycles. The highest BCUT2D eigenvalue weighted by Crippen LogP contribution is 2.04. The van der Waals surface area contributed by atoms with Crippen LogP contribution >= 0.6 is 0 Å². The minimum atomic E-state index is -0.220. The van der Waals surface area contributed by atoms with E-state index < -0.39 is 0 Å². The Labute approximate surface area is 63.6 Å². The van der Waals surface area contributed by atoms with E-state index in [4.69, 9.17) is 11.0 Å². The van der Waals surface area contributed by atoms with Gasteiger partial charge in [0.2, 0.25) is 0 Å². The molecule has 0 radical (unpaired) electrons. The molecule has 0 unspecified atom stereocenters. The molecule has 0 saturated carbocycles. The number of nitrogens with zero attached hydrogens (tertiary/aromatic N) is 1. The molecule has 0 aliphatic carbocycles. The lowest BCUT2D eigenvalue weighted by molar-refractivity contribution is 0.100. The van der Waals surface area contributed by atoms with Gasteiger partial charge < -0.3 is 10.7 Å². The summed E-state index contributed by atoms with van der Waals surface area (Å²) in [6.45, 7) is -0.0630. The Morgan fingerprint density at radius 3 is 3.09 bits per heavy atom. The summed E-state index contributed by atoms with van der Waals surface area (Å²) < 4.78 is 0. The molecule has 0 bridgehead atoms. The predicted molar refractivity (Wildman–Crippen MR) is 38.9 cm³/mol. The molecule has 1 rings (SSSR count). The smallest absolute Gasteiger partial charge is 0.179 e. The van der Waals surface area contributed by atoms with Gasteiger partial charge in [-0.3, -0.25) is 4.79 Å². The highest BCUT2D eigenvalue weighted by molar-refractivity contribution is 5.99. The van der Waals surface area contributed by atoms with E-state index in [1.807, 2.05) is 6.07 Å². The van der Waals surface area contributed by atoms with Crippen LogP contribution in [0.5, 0.6) is 0 Å². The van der Waals surface area contributed by atoms with Crippen molar-refractivity contribution in [3.8, 4) is 6.07 Å². The van der Waals surface area contributed by atoms with Crippen LogP contribution in [-0.4, -0.2) is 17.3 Å². The minimum Gasteiger partial charge on any atom is -0.353 e. The van der Waals surface area contributed by atoms with Gasteiger partial charge in [0, 0.05) is 6.20 Å². The molecule has 0 amide bonds. The molecule has 0 saturated heterocycles. The van der Waals surface area contributed by atoms with E-state index in [2.05, 4.69) is 4.98 Å². The summed E-state index contributed by atoms with van der Waals surface area (Å²) >= 11 is 0. The first kappa shape index (κ1) is 7.51. The van der Waals surface area contributed by atoms with Crippen molar-refractivity contribution in [2.75, 3.05) is 6.54 Å². The molecule has 3 N–H and O–H groups in total. The number of nitriles is 1. The second-order valence-electron chi connectivity index (χ2n) is 2.01. The van der Waals surface area contributed by atoms with Crippen molar-refractivity contribution in [2.24, 2.45) is 5.73 Å². The first-order valence-electron chi connectivity index (χ1n) is 3.10. The van der Waals surface area contributed by atoms with Crippen LogP contribution in [0.4, 0.5) is 0 Å². The number of rotatable bonds is 2. The van der Waals surface area contributed by atoms with Crippen molar-refractivity contribution in [3.05, 3.63) is 23.5 Å². The minimum absolute atomic E-state index is 0.0630. The number of hydrogen-bond acceptors (Lipinski definition) is 3. The zero-order valence-electron chi connectivity index (χ0n) is 5.79. The fraction of sp³-hybridized carbons (Fsp3) is 0.143. The van der Waals surface area contributed by atoms with Crippen LogP contribution in [0.15, 0.2) is 12.3 Å². The van der Waals surface area contributed by atoms with Crippen LogP contribution in [0.1, 0.15) is 16.1 Å². The van der Waals surface area contributed by atoms with Gasteiger partial charge in [0.25, 0.3) is 0 Å². The fourth-order valence-corrected chi connectivity index (χ4v) is 0.804. The summed E-state index contributed by atoms with van der Waals surface area (Å²) in [5.74, 6) is -0.220. The molecule has 0 spiro atoms. The lowest BCUT2D eigenvalue weighted by Crippen LogP contribution is -2.13. The van der Waals surface area contributed by atoms with Gasteiger partial charge >= 0.3 is 0 Å². The van der Waals surface area contributed by atoms with Gasteiger partial charge in [0.1, 0.15) is 11.8 Å². The summed E-state index contributed by atoms with van der Waals surface area (Å²) in [6.07, 6.45) is 1.54. The molecular weight excluding hydrogens is 142 g/mol. The van der Waals surface area contributed by atoms with Gasteiger partial charge in [-0.1, -0.05) is 0 Å². The van der Waals surface area contributed by atoms with Gasteiger partial charge in [0.05, 0.1) is 12.1 Å². The molecule has 0 fully saturated rings. The van der Waals surface area contributed by atoms with E-state index in [0.717, 1.165) is 0 Å². The SMILES string of the molecule is N#Cc1[nH]ccc1C(=O)CN. The quantitative estimate of drug-likeness (QED) is 0.582. The second kappa shape index (κ2) is 2.99. The Morgan fingerprint density at radius 1 is 1.82 bits per heavy atom. The average Bonchev–Trinajstić information content (AvgIpc) is 2.50. The first-order chi connectivity index (χ1) is 5.29. The third-order valence-electron chi connectivity index (χ3n) is 1.34. The standard InChI is InChI=1S/C7H7N3O/c8-3-6-5(1-2-10-6)7(11)4-9/h1-2,10H,4,9H2. The van der Waals surface area contributed by atoms with E-state index >= 15 is 0 Å². The normalized spacial score (nSPS) is 9.09. The zero-order valence-corrected chi connectivity index (χ0v) is 5.79. The number of carbonyl (C=O) groups excluding carboxylic acids is 1. The van der Waals surface area contributed by atoms with Crippen molar-refractivity contribution in [3.63, 3.8) is 0 Å². The lowest BCUT2D eigenvalue weighted by atomic mass is 10.2. The number of nitrogens with one attached hydrogen (secondary N) is 1. The largest absolute Gasteiger partial charge is 0.353 e. The van der Waals surface area contributed by atoms with Crippen LogP contribution in [0.25, 0.3) is 0 Å². The summed E-state index contributed by atoms with van der Waals surface area (Å²) in [5.41, 5.74) is 5.76. The maximum absolute atomic E-state index is 11.0. The Bertz CT molecular complexity index is 308. The van der Waals surface area contributed by atoms with Crippen molar-refractivity contribution < 1.29 is 4.79 Å². The Hall–Kier alpha value is -1.60. The van der Waals surface area contributed by atoms with Crippen molar-refractivity contribution >= 4 is 5.78 Å². The van der Waals surface area contributed by atoms with E-state index in [0.29, 0.717) is 5.56 Å². The zero-order chi connectivity index (χ0) is 8.27. The van der Waals surface area contributed by atoms with Gasteiger partial charge in [-0.2, -0.15) is 5.26 Å². The predicted octanol–water partition coefficient (Wildman–Crippen LogP) is 0.0278. The summed E-state index contributed by atoms with van der Waals surface area (Å²) in [4.78, 5) is 13.6. The molecule has 0 aromatic carbocycles. The number of aromatic nitrogens is 1. The van der Waals surface area contributed by atoms with E-state index in [-0.39, 0.29) is 18.0 Å². The van der Waals surface area contributed by atoms with Gasteiger partial charge in [-0.05, 0) is 6.07 Å². The fourth-order valence-electron chi connectivity index (χ4n) is 0.804. The molecule has 0 aliphatic rings. The van der Waals surface area contributed by atoms with Crippen molar-refractivity contribution in [2.45, 2.75) is 0 Å². The number of nitrogens with two attached hydrogens (primary N) is 1. The summed E-state index contributed by atoms with van der Waals surface area (Å²) in [6, 6.07) is 3.41. The monoisotopic (exact) mass is 149 g/mol. The summed E-state index contributed by atoms with van der Waals surface area (Å²) in [7, 11) is 0. The Morgan fingerprint density at radius 2 is 2.55 bits per heavy atom. The van der Waals surface area contributed by atoms with E-state index in [1.165, 1.54) is 0 Å². The third kappa shape index (κ3) is 1.28. The average molecular weight is 149 g/mol. The molecule has 1 aromatic heterocycles. The molecule has 1 aromatic rings. The lowest BCUT2D eigenvalue weighted by Gasteiger charge is -1.91. The third-order valence-corrected chi connectivity index (χ3v) is 1.34. The van der Waals surface area contributed by atoms with Gasteiger partial charge in [-0.15, -0.1) is 0 Å². The molecule has 0 aliphatic heterocycles. The van der Waals surface area contributed by atoms with Crippen molar-refractivity contribution in [1.82, 2.24) is 4.98 Å². The van der Waals surface area contributed by atoms with Crippen LogP contribution in [0.3, 0.4) is 0 Å². The van der Waals surface area contributed by atoms with E-state index in [9.17, 15) is 4.79 Å². The number of H-pyrrole nitrogens is 1. The number of hydrogen-bond donors (Lipinski definition) is 2. The van der Waals surface area contributed by atoms with Crippen LogP contribution in [0.2, 0.25) is 0 Å². The van der Waals surface area contributed by atoms with Crippen LogP contribution < -0.4 is 5.73 Å². The topological polar surface area (TPSA) is 82.7 Å². The number of aromatic amines is 1. The molecule has 4 nitrogen and oxygen atoms in total. The molecule has 56 valence electrons. The number of carbonyl (C=O) groups is 1. The van der Waals surface area contributed by atoms with Gasteiger partial charge in [-0.25, -0.2) is 0 Å². The molecular formula is C7H7N3O. The van der Waals surface area contributed by atoms with Crippen LogP contribution in [-0.2, 0) is 0 Å². The van der Waals surface area contributed by atoms with Crippen LogP contribution in [0, 0.1) is 11.3 Å². The molecule has 0 atom stereocenters. The molecule has 4 heteroatoms. The van der Waals surface area contributed by atoms with E-state index in [1.54, 1.807) is 12.3 Å². The van der Waals surface area contributed by atoms with Gasteiger partial charge in [0.15, 0.2) is 5.78 Å². The second-order valence-corrected chi connectivity index (χ2v) is 2.01. The Balaban J connectivity index is 3.05. The number of ketones is 1. The summed E-state index contributed by atoms with van der Waals surface area (Å²) in [5, 5.41) is 8.48. The first-order valence-corrected chi connectivity index (χ1v) is 3.10. The number of Topliss-reactive ketones (excluding diaryl/α,β-unsaturated/α-hetero) is 1. The van der Waals surface area contributed by atoms with Crippen molar-refractivity contribution in [1.29, 1.82) is 5.26 Å². The highest BCUT2D eigenvalue weighted by Gasteiger charge is 2.09. The Kier molecular flexibility index (Phi) is 2.04. The molecule has 11 heavy (non-hydrogen) atoms. The maximum Gasteiger partial charge on any atom is 0.179 e.